The summed E-state index contributed by atoms with van der Waals surface area (Å²) in [6, 6.07) is 5.01. The number of aryl methyl sites for hydroxylation is 1. The Bertz CT molecular complexity index is 387. The third kappa shape index (κ3) is 2.56. The Morgan fingerprint density at radius 1 is 1.38 bits per heavy atom. The van der Waals surface area contributed by atoms with E-state index in [0.717, 1.165) is 6.29 Å². The Balaban J connectivity index is 3.28. The number of rotatable bonds is 4. The number of hydrogen-bond donors (Lipinski definition) is 0. The normalized spacial score (nSPS) is 11.6. The van der Waals surface area contributed by atoms with Crippen LogP contribution in [0.4, 0.5) is 8.78 Å². The van der Waals surface area contributed by atoms with Crippen LogP contribution in [-0.4, -0.2) is 12.9 Å². The smallest absolute Gasteiger partial charge is 0.387 e. The van der Waals surface area contributed by atoms with Gasteiger partial charge in [0.2, 0.25) is 0 Å². The molecule has 0 amide bonds. The number of carbonyl (C=O) groups excluding carboxylic acids is 1. The maximum absolute atomic E-state index is 12.3. The first-order valence-corrected chi connectivity index (χ1v) is 4.89. The first-order chi connectivity index (χ1) is 7.38. The molecule has 1 rings (SSSR count). The van der Waals surface area contributed by atoms with E-state index in [1.165, 1.54) is 0 Å². The van der Waals surface area contributed by atoms with Crippen molar-refractivity contribution in [3.63, 3.8) is 0 Å². The second-order valence-electron chi connectivity index (χ2n) is 4.17. The first-order valence-electron chi connectivity index (χ1n) is 4.89. The number of para-hydroxylation sites is 1. The van der Waals surface area contributed by atoms with Crippen molar-refractivity contribution in [2.45, 2.75) is 32.8 Å². The molecule has 16 heavy (non-hydrogen) atoms. The molecule has 0 aliphatic rings. The Labute approximate surface area is 93.2 Å². The number of benzene rings is 1. The third-order valence-corrected chi connectivity index (χ3v) is 2.41. The van der Waals surface area contributed by atoms with E-state index in [9.17, 15) is 13.6 Å². The zero-order valence-corrected chi connectivity index (χ0v) is 9.46. The molecule has 0 unspecified atom stereocenters. The highest BCUT2D eigenvalue weighted by Gasteiger charge is 2.26. The maximum Gasteiger partial charge on any atom is 0.387 e. The Morgan fingerprint density at radius 3 is 2.50 bits per heavy atom. The van der Waals surface area contributed by atoms with E-state index in [2.05, 4.69) is 4.74 Å². The zero-order valence-electron chi connectivity index (χ0n) is 9.46. The summed E-state index contributed by atoms with van der Waals surface area (Å²) in [5, 5.41) is 0. The SMILES string of the molecule is Cc1cccc(C(C)(C)C=O)c1OC(F)F. The second-order valence-corrected chi connectivity index (χ2v) is 4.17. The number of alkyl halides is 2. The molecule has 0 spiro atoms. The lowest BCUT2D eigenvalue weighted by molar-refractivity contribution is -0.111. The monoisotopic (exact) mass is 228 g/mol. The summed E-state index contributed by atoms with van der Waals surface area (Å²) in [5.41, 5.74) is 0.228. The van der Waals surface area contributed by atoms with Gasteiger partial charge in [-0.25, -0.2) is 0 Å². The van der Waals surface area contributed by atoms with E-state index in [0.29, 0.717) is 11.1 Å². The molecule has 0 aliphatic heterocycles. The Morgan fingerprint density at radius 2 is 2.00 bits per heavy atom. The molecule has 2 nitrogen and oxygen atoms in total. The van der Waals surface area contributed by atoms with E-state index >= 15 is 0 Å². The molecule has 4 heteroatoms. The lowest BCUT2D eigenvalue weighted by Gasteiger charge is -2.22. The van der Waals surface area contributed by atoms with Gasteiger partial charge in [0.25, 0.3) is 0 Å². The molecule has 0 radical (unpaired) electrons. The van der Waals surface area contributed by atoms with Crippen molar-refractivity contribution >= 4 is 6.29 Å². The zero-order chi connectivity index (χ0) is 12.3. The van der Waals surface area contributed by atoms with Gasteiger partial charge in [-0.2, -0.15) is 8.78 Å². The van der Waals surface area contributed by atoms with E-state index in [4.69, 9.17) is 0 Å². The van der Waals surface area contributed by atoms with Gasteiger partial charge in [-0.05, 0) is 26.3 Å². The number of hydrogen-bond acceptors (Lipinski definition) is 2. The van der Waals surface area contributed by atoms with Gasteiger partial charge in [0.05, 0.1) is 0 Å². The molecule has 0 saturated heterocycles. The molecule has 1 aromatic rings. The molecule has 1 aromatic carbocycles. The van der Waals surface area contributed by atoms with Crippen LogP contribution in [0.15, 0.2) is 18.2 Å². The van der Waals surface area contributed by atoms with Gasteiger partial charge in [-0.3, -0.25) is 0 Å². The minimum atomic E-state index is -2.89. The number of ether oxygens (including phenoxy) is 1. The molecular formula is C12H14F2O2. The molecule has 0 aliphatic carbocycles. The fourth-order valence-electron chi connectivity index (χ4n) is 1.47. The summed E-state index contributed by atoms with van der Waals surface area (Å²) in [4.78, 5) is 10.9. The predicted octanol–water partition coefficient (Wildman–Crippen LogP) is 3.07. The average molecular weight is 228 g/mol. The van der Waals surface area contributed by atoms with Crippen molar-refractivity contribution in [1.82, 2.24) is 0 Å². The molecule has 0 bridgehead atoms. The van der Waals surface area contributed by atoms with Crippen LogP contribution in [0.2, 0.25) is 0 Å². The number of halogens is 2. The summed E-state index contributed by atoms with van der Waals surface area (Å²) >= 11 is 0. The molecule has 0 saturated carbocycles. The van der Waals surface area contributed by atoms with Gasteiger partial charge >= 0.3 is 6.61 Å². The van der Waals surface area contributed by atoms with Crippen molar-refractivity contribution in [1.29, 1.82) is 0 Å². The summed E-state index contributed by atoms with van der Waals surface area (Å²) in [5.74, 6) is 0.0922. The van der Waals surface area contributed by atoms with Crippen LogP contribution in [0.3, 0.4) is 0 Å². The Hall–Kier alpha value is -1.45. The lowest BCUT2D eigenvalue weighted by atomic mass is 9.85. The van der Waals surface area contributed by atoms with Crippen LogP contribution in [0.1, 0.15) is 25.0 Å². The molecule has 0 atom stereocenters. The van der Waals surface area contributed by atoms with E-state index in [1.807, 2.05) is 0 Å². The molecular weight excluding hydrogens is 214 g/mol. The van der Waals surface area contributed by atoms with E-state index in [-0.39, 0.29) is 5.75 Å². The molecule has 0 fully saturated rings. The fourth-order valence-corrected chi connectivity index (χ4v) is 1.47. The van der Waals surface area contributed by atoms with Crippen LogP contribution < -0.4 is 4.74 Å². The van der Waals surface area contributed by atoms with Crippen LogP contribution >= 0.6 is 0 Å². The van der Waals surface area contributed by atoms with E-state index < -0.39 is 12.0 Å². The lowest BCUT2D eigenvalue weighted by Crippen LogP contribution is -2.21. The first kappa shape index (κ1) is 12.6. The van der Waals surface area contributed by atoms with Gasteiger partial charge in [0.15, 0.2) is 0 Å². The van der Waals surface area contributed by atoms with Crippen LogP contribution in [0.25, 0.3) is 0 Å². The van der Waals surface area contributed by atoms with Crippen molar-refractivity contribution in [3.05, 3.63) is 29.3 Å². The number of aldehydes is 1. The quantitative estimate of drug-likeness (QED) is 0.740. The highest BCUT2D eigenvalue weighted by molar-refractivity contribution is 5.69. The van der Waals surface area contributed by atoms with E-state index in [1.54, 1.807) is 39.0 Å². The van der Waals surface area contributed by atoms with Crippen LogP contribution in [-0.2, 0) is 10.2 Å². The van der Waals surface area contributed by atoms with Crippen LogP contribution in [0.5, 0.6) is 5.75 Å². The van der Waals surface area contributed by atoms with Crippen LogP contribution in [0, 0.1) is 6.92 Å². The van der Waals surface area contributed by atoms with Gasteiger partial charge in [0, 0.05) is 11.0 Å². The van der Waals surface area contributed by atoms with Crippen molar-refractivity contribution in [2.75, 3.05) is 0 Å². The molecule has 0 aromatic heterocycles. The summed E-state index contributed by atoms with van der Waals surface area (Å²) in [6.45, 7) is 2.10. The summed E-state index contributed by atoms with van der Waals surface area (Å²) < 4.78 is 29.0. The average Bonchev–Trinajstić information content (AvgIpc) is 2.20. The third-order valence-electron chi connectivity index (χ3n) is 2.41. The topological polar surface area (TPSA) is 26.3 Å². The van der Waals surface area contributed by atoms with Gasteiger partial charge in [-0.1, -0.05) is 18.2 Å². The van der Waals surface area contributed by atoms with Crippen molar-refractivity contribution < 1.29 is 18.3 Å². The predicted molar refractivity (Wildman–Crippen MR) is 56.9 cm³/mol. The minimum absolute atomic E-state index is 0.0922. The molecule has 88 valence electrons. The fraction of sp³-hybridized carbons (Fsp3) is 0.417. The highest BCUT2D eigenvalue weighted by Crippen LogP contribution is 2.33. The van der Waals surface area contributed by atoms with Crippen molar-refractivity contribution in [3.8, 4) is 5.75 Å². The van der Waals surface area contributed by atoms with Gasteiger partial charge in [0.1, 0.15) is 12.0 Å². The largest absolute Gasteiger partial charge is 0.434 e. The summed E-state index contributed by atoms with van der Waals surface area (Å²) in [7, 11) is 0. The van der Waals surface area contributed by atoms with Crippen molar-refractivity contribution in [2.24, 2.45) is 0 Å². The highest BCUT2D eigenvalue weighted by atomic mass is 19.3. The summed E-state index contributed by atoms with van der Waals surface area (Å²) in [6.07, 6.45) is 0.722. The standard InChI is InChI=1S/C12H14F2O2/c1-8-5-4-6-9(12(2,3)7-15)10(8)16-11(13)14/h4-7,11H,1-3H3. The minimum Gasteiger partial charge on any atom is -0.434 e. The Kier molecular flexibility index (Phi) is 3.62. The maximum atomic E-state index is 12.3. The number of carbonyl (C=O) groups is 1. The molecule has 0 N–H and O–H groups in total. The second kappa shape index (κ2) is 4.60. The van der Waals surface area contributed by atoms with Gasteiger partial charge in [-0.15, -0.1) is 0 Å². The molecule has 0 heterocycles. The van der Waals surface area contributed by atoms with Gasteiger partial charge < -0.3 is 9.53 Å².